The van der Waals surface area contributed by atoms with Crippen LogP contribution < -0.4 is 14.8 Å². The van der Waals surface area contributed by atoms with E-state index >= 15 is 0 Å². The van der Waals surface area contributed by atoms with Crippen molar-refractivity contribution in [3.8, 4) is 17.6 Å². The summed E-state index contributed by atoms with van der Waals surface area (Å²) in [4.78, 5) is 23.4. The molecule has 0 fully saturated rings. The SMILES string of the molecule is CCOc1cc(/C=C(/C#N)C(=O)NCc2ccccc2)ccc1OCc1ccc(C(=O)O)cc1. The van der Waals surface area contributed by atoms with Crippen LogP contribution >= 0.6 is 0 Å². The standard InChI is InChI=1S/C27H24N2O5/c1-2-33-25-15-21(14-23(16-28)26(30)29-17-19-6-4-3-5-7-19)10-13-24(25)34-18-20-8-11-22(12-9-20)27(31)32/h3-15H,2,17-18H2,1H3,(H,29,30)(H,31,32)/b23-14-. The van der Waals surface area contributed by atoms with E-state index in [4.69, 9.17) is 14.6 Å². The third-order valence-electron chi connectivity index (χ3n) is 4.83. The van der Waals surface area contributed by atoms with Crippen LogP contribution in [0.3, 0.4) is 0 Å². The zero-order chi connectivity index (χ0) is 24.3. The van der Waals surface area contributed by atoms with Crippen LogP contribution in [-0.4, -0.2) is 23.6 Å². The predicted molar refractivity (Wildman–Crippen MR) is 127 cm³/mol. The molecule has 1 amide bonds. The molecule has 7 heteroatoms. The lowest BCUT2D eigenvalue weighted by atomic mass is 10.1. The molecule has 0 saturated heterocycles. The van der Waals surface area contributed by atoms with Gasteiger partial charge in [-0.2, -0.15) is 5.26 Å². The molecule has 0 aromatic heterocycles. The molecule has 0 saturated carbocycles. The number of carbonyl (C=O) groups excluding carboxylic acids is 1. The molecule has 7 nitrogen and oxygen atoms in total. The van der Waals surface area contributed by atoms with E-state index in [1.165, 1.54) is 18.2 Å². The minimum Gasteiger partial charge on any atom is -0.490 e. The number of rotatable bonds is 10. The van der Waals surface area contributed by atoms with Gasteiger partial charge in [0.2, 0.25) is 0 Å². The van der Waals surface area contributed by atoms with E-state index in [2.05, 4.69) is 5.32 Å². The zero-order valence-corrected chi connectivity index (χ0v) is 18.7. The highest BCUT2D eigenvalue weighted by Crippen LogP contribution is 2.30. The Balaban J connectivity index is 1.71. The quantitative estimate of drug-likeness (QED) is 0.341. The van der Waals surface area contributed by atoms with E-state index in [0.29, 0.717) is 30.2 Å². The van der Waals surface area contributed by atoms with E-state index in [9.17, 15) is 14.9 Å². The number of carboxylic acids is 1. The van der Waals surface area contributed by atoms with Gasteiger partial charge in [0, 0.05) is 6.54 Å². The number of carbonyl (C=O) groups is 2. The number of hydrogen-bond acceptors (Lipinski definition) is 5. The van der Waals surface area contributed by atoms with Crippen LogP contribution in [0.5, 0.6) is 11.5 Å². The Kier molecular flexibility index (Phi) is 8.42. The van der Waals surface area contributed by atoms with Crippen molar-refractivity contribution in [2.45, 2.75) is 20.1 Å². The lowest BCUT2D eigenvalue weighted by Crippen LogP contribution is -2.23. The van der Waals surface area contributed by atoms with Gasteiger partial charge in [-0.25, -0.2) is 4.79 Å². The van der Waals surface area contributed by atoms with E-state index in [1.54, 1.807) is 30.3 Å². The average molecular weight is 456 g/mol. The van der Waals surface area contributed by atoms with Gasteiger partial charge in [0.05, 0.1) is 12.2 Å². The number of ether oxygens (including phenoxy) is 2. The first-order valence-corrected chi connectivity index (χ1v) is 10.7. The van der Waals surface area contributed by atoms with Crippen molar-refractivity contribution in [3.05, 3.63) is 101 Å². The fraction of sp³-hybridized carbons (Fsp3) is 0.148. The van der Waals surface area contributed by atoms with Crippen molar-refractivity contribution in [3.63, 3.8) is 0 Å². The average Bonchev–Trinajstić information content (AvgIpc) is 2.86. The molecule has 0 heterocycles. The van der Waals surface area contributed by atoms with Crippen molar-refractivity contribution >= 4 is 18.0 Å². The topological polar surface area (TPSA) is 109 Å². The summed E-state index contributed by atoms with van der Waals surface area (Å²) in [7, 11) is 0. The molecule has 3 aromatic carbocycles. The highest BCUT2D eigenvalue weighted by Gasteiger charge is 2.11. The van der Waals surface area contributed by atoms with Gasteiger partial charge in [0.15, 0.2) is 11.5 Å². The molecule has 0 spiro atoms. The van der Waals surface area contributed by atoms with Crippen molar-refractivity contribution in [2.75, 3.05) is 6.61 Å². The second-order valence-corrected chi connectivity index (χ2v) is 7.27. The summed E-state index contributed by atoms with van der Waals surface area (Å²) in [6.45, 7) is 2.79. The van der Waals surface area contributed by atoms with Gasteiger partial charge in [-0.05, 0) is 54.0 Å². The molecule has 0 unspecified atom stereocenters. The summed E-state index contributed by atoms with van der Waals surface area (Å²) in [5.74, 6) is -0.483. The Morgan fingerprint density at radius 3 is 2.35 bits per heavy atom. The van der Waals surface area contributed by atoms with Crippen LogP contribution in [-0.2, 0) is 17.9 Å². The number of amides is 1. The lowest BCUT2D eigenvalue weighted by molar-refractivity contribution is -0.117. The zero-order valence-electron chi connectivity index (χ0n) is 18.7. The van der Waals surface area contributed by atoms with Crippen molar-refractivity contribution in [2.24, 2.45) is 0 Å². The van der Waals surface area contributed by atoms with Gasteiger partial charge in [0.25, 0.3) is 5.91 Å². The number of aromatic carboxylic acids is 1. The molecular formula is C27H24N2O5. The summed E-state index contributed by atoms with van der Waals surface area (Å²) in [6.07, 6.45) is 1.50. The van der Waals surface area contributed by atoms with E-state index in [-0.39, 0.29) is 17.7 Å². The normalized spacial score (nSPS) is 10.8. The minimum absolute atomic E-state index is 0.0226. The molecular weight excluding hydrogens is 432 g/mol. The molecule has 0 bridgehead atoms. The van der Waals surface area contributed by atoms with Gasteiger partial charge in [-0.3, -0.25) is 4.79 Å². The van der Waals surface area contributed by atoms with E-state index in [0.717, 1.165) is 11.1 Å². The number of nitrogens with zero attached hydrogens (tertiary/aromatic N) is 1. The van der Waals surface area contributed by atoms with Gasteiger partial charge in [-0.1, -0.05) is 48.5 Å². The maximum absolute atomic E-state index is 12.5. The van der Waals surface area contributed by atoms with Gasteiger partial charge >= 0.3 is 5.97 Å². The molecule has 3 aromatic rings. The summed E-state index contributed by atoms with van der Waals surface area (Å²) < 4.78 is 11.5. The smallest absolute Gasteiger partial charge is 0.335 e. The number of nitriles is 1. The highest BCUT2D eigenvalue weighted by molar-refractivity contribution is 6.01. The molecule has 34 heavy (non-hydrogen) atoms. The molecule has 0 atom stereocenters. The lowest BCUT2D eigenvalue weighted by Gasteiger charge is -2.13. The fourth-order valence-electron chi connectivity index (χ4n) is 3.10. The second-order valence-electron chi connectivity index (χ2n) is 7.27. The molecule has 0 radical (unpaired) electrons. The number of benzene rings is 3. The largest absolute Gasteiger partial charge is 0.490 e. The summed E-state index contributed by atoms with van der Waals surface area (Å²) >= 11 is 0. The van der Waals surface area contributed by atoms with Gasteiger partial charge in [-0.15, -0.1) is 0 Å². The molecule has 172 valence electrons. The van der Waals surface area contributed by atoms with Crippen LogP contribution in [0.15, 0.2) is 78.4 Å². The highest BCUT2D eigenvalue weighted by atomic mass is 16.5. The summed E-state index contributed by atoms with van der Waals surface area (Å²) in [5, 5.41) is 21.2. The summed E-state index contributed by atoms with van der Waals surface area (Å²) in [5.41, 5.74) is 2.54. The Labute approximate surface area is 197 Å². The Morgan fingerprint density at radius 1 is 0.971 bits per heavy atom. The van der Waals surface area contributed by atoms with Crippen LogP contribution in [0, 0.1) is 11.3 Å². The fourth-order valence-corrected chi connectivity index (χ4v) is 3.10. The van der Waals surface area contributed by atoms with Crippen LogP contribution in [0.2, 0.25) is 0 Å². The van der Waals surface area contributed by atoms with Crippen molar-refractivity contribution in [1.29, 1.82) is 5.26 Å². The molecule has 3 rings (SSSR count). The number of hydrogen-bond donors (Lipinski definition) is 2. The molecule has 0 aliphatic carbocycles. The first-order chi connectivity index (χ1) is 16.5. The minimum atomic E-state index is -0.986. The van der Waals surface area contributed by atoms with Gasteiger partial charge in [0.1, 0.15) is 18.2 Å². The molecule has 0 aliphatic rings. The van der Waals surface area contributed by atoms with Gasteiger partial charge < -0.3 is 19.9 Å². The third kappa shape index (κ3) is 6.71. The third-order valence-corrected chi connectivity index (χ3v) is 4.83. The number of nitrogens with one attached hydrogen (secondary N) is 1. The van der Waals surface area contributed by atoms with Crippen LogP contribution in [0.25, 0.3) is 6.08 Å². The Morgan fingerprint density at radius 2 is 1.71 bits per heavy atom. The summed E-state index contributed by atoms with van der Waals surface area (Å²) in [6, 6.07) is 22.9. The van der Waals surface area contributed by atoms with E-state index in [1.807, 2.05) is 43.3 Å². The van der Waals surface area contributed by atoms with Crippen LogP contribution in [0.1, 0.15) is 34.0 Å². The maximum Gasteiger partial charge on any atom is 0.335 e. The predicted octanol–water partition coefficient (Wildman–Crippen LogP) is 4.59. The van der Waals surface area contributed by atoms with Crippen molar-refractivity contribution < 1.29 is 24.2 Å². The first kappa shape index (κ1) is 24.1. The number of carboxylic acid groups (broad SMARTS) is 1. The molecule has 0 aliphatic heterocycles. The van der Waals surface area contributed by atoms with E-state index < -0.39 is 11.9 Å². The molecule has 2 N–H and O–H groups in total. The van der Waals surface area contributed by atoms with Crippen molar-refractivity contribution in [1.82, 2.24) is 5.32 Å². The maximum atomic E-state index is 12.5. The monoisotopic (exact) mass is 456 g/mol. The second kappa shape index (κ2) is 11.9. The Hall–Kier alpha value is -4.57. The first-order valence-electron chi connectivity index (χ1n) is 10.7. The van der Waals surface area contributed by atoms with Crippen LogP contribution in [0.4, 0.5) is 0 Å². The Bertz CT molecular complexity index is 1210.